The summed E-state index contributed by atoms with van der Waals surface area (Å²) < 4.78 is 5.36. The van der Waals surface area contributed by atoms with Crippen molar-refractivity contribution in [2.24, 2.45) is 0 Å². The van der Waals surface area contributed by atoms with Crippen molar-refractivity contribution in [3.05, 3.63) is 60.2 Å². The average Bonchev–Trinajstić information content (AvgIpc) is 2.38. The van der Waals surface area contributed by atoms with E-state index in [1.54, 1.807) is 24.3 Å². The van der Waals surface area contributed by atoms with Crippen molar-refractivity contribution in [2.45, 2.75) is 6.42 Å². The van der Waals surface area contributed by atoms with Crippen LogP contribution in [0.25, 0.3) is 0 Å². The van der Waals surface area contributed by atoms with Gasteiger partial charge in [-0.2, -0.15) is 0 Å². The Morgan fingerprint density at radius 1 is 1.06 bits per heavy atom. The molecule has 0 saturated carbocycles. The average molecular weight is 242 g/mol. The van der Waals surface area contributed by atoms with Crippen LogP contribution >= 0.6 is 0 Å². The zero-order chi connectivity index (χ0) is 12.8. The van der Waals surface area contributed by atoms with E-state index < -0.39 is 0 Å². The Morgan fingerprint density at radius 3 is 2.56 bits per heavy atom. The second-order valence-corrected chi connectivity index (χ2v) is 3.99. The van der Waals surface area contributed by atoms with Crippen molar-refractivity contribution in [3.8, 4) is 11.5 Å². The molecule has 0 unspecified atom stereocenters. The molecule has 0 spiro atoms. The van der Waals surface area contributed by atoms with Crippen LogP contribution in [0.5, 0.6) is 11.5 Å². The number of ether oxygens (including phenoxy) is 1. The monoisotopic (exact) mass is 242 g/mol. The fraction of sp³-hybridized carbons (Fsp3) is 0.133. The van der Waals surface area contributed by atoms with Crippen molar-refractivity contribution in [3.63, 3.8) is 0 Å². The predicted octanol–water partition coefficient (Wildman–Crippen LogP) is 2.58. The Morgan fingerprint density at radius 2 is 1.83 bits per heavy atom. The SMILES string of the molecule is O=C(COc1ccccc1)Cc1cccc(O)c1. The predicted molar refractivity (Wildman–Crippen MR) is 68.8 cm³/mol. The molecule has 0 aromatic heterocycles. The molecule has 2 aromatic rings. The molecule has 0 radical (unpaired) electrons. The molecule has 0 fully saturated rings. The lowest BCUT2D eigenvalue weighted by atomic mass is 10.1. The maximum atomic E-state index is 11.7. The van der Waals surface area contributed by atoms with Gasteiger partial charge in [-0.1, -0.05) is 30.3 Å². The van der Waals surface area contributed by atoms with Gasteiger partial charge in [-0.3, -0.25) is 4.79 Å². The van der Waals surface area contributed by atoms with Gasteiger partial charge in [0.05, 0.1) is 0 Å². The van der Waals surface area contributed by atoms with E-state index in [9.17, 15) is 9.90 Å². The molecule has 0 bridgehead atoms. The van der Waals surface area contributed by atoms with Gasteiger partial charge in [0.1, 0.15) is 18.1 Å². The van der Waals surface area contributed by atoms with Crippen molar-refractivity contribution >= 4 is 5.78 Å². The summed E-state index contributed by atoms with van der Waals surface area (Å²) in [5.74, 6) is 0.829. The third-order valence-electron chi connectivity index (χ3n) is 2.45. The van der Waals surface area contributed by atoms with Crippen LogP contribution in [0, 0.1) is 0 Å². The summed E-state index contributed by atoms with van der Waals surface area (Å²) in [5, 5.41) is 9.29. The zero-order valence-electron chi connectivity index (χ0n) is 9.87. The fourth-order valence-electron chi connectivity index (χ4n) is 1.63. The number of ketones is 1. The molecule has 0 heterocycles. The van der Waals surface area contributed by atoms with E-state index in [0.29, 0.717) is 5.75 Å². The lowest BCUT2D eigenvalue weighted by molar-refractivity contribution is -0.120. The van der Waals surface area contributed by atoms with Crippen LogP contribution in [0.15, 0.2) is 54.6 Å². The van der Waals surface area contributed by atoms with Crippen molar-refractivity contribution in [1.29, 1.82) is 0 Å². The summed E-state index contributed by atoms with van der Waals surface area (Å²) in [7, 11) is 0. The maximum Gasteiger partial charge on any atom is 0.174 e. The van der Waals surface area contributed by atoms with Gasteiger partial charge >= 0.3 is 0 Å². The summed E-state index contributed by atoms with van der Waals surface area (Å²) in [4.78, 5) is 11.7. The minimum Gasteiger partial charge on any atom is -0.508 e. The number of phenolic OH excluding ortho intramolecular Hbond substituents is 1. The first-order valence-electron chi connectivity index (χ1n) is 5.71. The van der Waals surface area contributed by atoms with Gasteiger partial charge in [0, 0.05) is 6.42 Å². The lowest BCUT2D eigenvalue weighted by Crippen LogP contribution is -2.13. The van der Waals surface area contributed by atoms with Crippen molar-refractivity contribution in [2.75, 3.05) is 6.61 Å². The Labute approximate surface area is 106 Å². The molecule has 0 aliphatic rings. The topological polar surface area (TPSA) is 46.5 Å². The summed E-state index contributed by atoms with van der Waals surface area (Å²) >= 11 is 0. The molecule has 0 amide bonds. The molecule has 18 heavy (non-hydrogen) atoms. The van der Waals surface area contributed by atoms with Crippen LogP contribution in [-0.2, 0) is 11.2 Å². The molecule has 2 rings (SSSR count). The van der Waals surface area contributed by atoms with Crippen LogP contribution < -0.4 is 4.74 Å². The van der Waals surface area contributed by atoms with E-state index in [0.717, 1.165) is 5.56 Å². The van der Waals surface area contributed by atoms with E-state index in [2.05, 4.69) is 0 Å². The first-order chi connectivity index (χ1) is 8.74. The zero-order valence-corrected chi connectivity index (χ0v) is 9.87. The highest BCUT2D eigenvalue weighted by molar-refractivity contribution is 5.82. The third-order valence-corrected chi connectivity index (χ3v) is 2.45. The van der Waals surface area contributed by atoms with Crippen molar-refractivity contribution in [1.82, 2.24) is 0 Å². The first-order valence-corrected chi connectivity index (χ1v) is 5.71. The molecule has 92 valence electrons. The number of phenols is 1. The quantitative estimate of drug-likeness (QED) is 0.876. The Hall–Kier alpha value is -2.29. The number of carbonyl (C=O) groups is 1. The van der Waals surface area contributed by atoms with Gasteiger partial charge in [0.25, 0.3) is 0 Å². The highest BCUT2D eigenvalue weighted by Crippen LogP contribution is 2.12. The van der Waals surface area contributed by atoms with Gasteiger partial charge in [0.15, 0.2) is 5.78 Å². The molecular weight excluding hydrogens is 228 g/mol. The number of Topliss-reactive ketones (excluding diaryl/α,β-unsaturated/α-hetero) is 1. The molecule has 3 nitrogen and oxygen atoms in total. The van der Waals surface area contributed by atoms with E-state index in [1.165, 1.54) is 0 Å². The van der Waals surface area contributed by atoms with Crippen LogP contribution in [0.2, 0.25) is 0 Å². The van der Waals surface area contributed by atoms with Gasteiger partial charge in [-0.25, -0.2) is 0 Å². The summed E-state index contributed by atoms with van der Waals surface area (Å²) in [6.45, 7) is 0.0413. The Kier molecular flexibility index (Phi) is 3.97. The molecule has 0 atom stereocenters. The fourth-order valence-corrected chi connectivity index (χ4v) is 1.63. The first kappa shape index (κ1) is 12.2. The Balaban J connectivity index is 1.86. The number of benzene rings is 2. The van der Waals surface area contributed by atoms with Crippen LogP contribution in [0.4, 0.5) is 0 Å². The van der Waals surface area contributed by atoms with Crippen LogP contribution in [-0.4, -0.2) is 17.5 Å². The standard InChI is InChI=1S/C15H14O3/c16-13-6-4-5-12(9-13)10-14(17)11-18-15-7-2-1-3-8-15/h1-9,16H,10-11H2. The molecule has 0 aliphatic heterocycles. The largest absolute Gasteiger partial charge is 0.508 e. The van der Waals surface area contributed by atoms with E-state index in [-0.39, 0.29) is 24.6 Å². The van der Waals surface area contributed by atoms with Crippen LogP contribution in [0.3, 0.4) is 0 Å². The number of aromatic hydroxyl groups is 1. The second-order valence-electron chi connectivity index (χ2n) is 3.99. The normalized spacial score (nSPS) is 10.0. The second kappa shape index (κ2) is 5.87. The number of para-hydroxylation sites is 1. The Bertz CT molecular complexity index is 520. The molecule has 1 N–H and O–H groups in total. The minimum atomic E-state index is -0.0237. The molecular formula is C15H14O3. The molecule has 2 aromatic carbocycles. The van der Waals surface area contributed by atoms with Crippen LogP contribution in [0.1, 0.15) is 5.56 Å². The van der Waals surface area contributed by atoms with Gasteiger partial charge in [-0.15, -0.1) is 0 Å². The lowest BCUT2D eigenvalue weighted by Gasteiger charge is -2.05. The summed E-state index contributed by atoms with van der Waals surface area (Å²) in [6, 6.07) is 15.9. The number of rotatable bonds is 5. The minimum absolute atomic E-state index is 0.0237. The van der Waals surface area contributed by atoms with Gasteiger partial charge in [0.2, 0.25) is 0 Å². The van der Waals surface area contributed by atoms with Crippen molar-refractivity contribution < 1.29 is 14.6 Å². The number of hydrogen-bond acceptors (Lipinski definition) is 3. The molecule has 0 saturated heterocycles. The summed E-state index contributed by atoms with van der Waals surface area (Å²) in [6.07, 6.45) is 0.265. The number of hydrogen-bond donors (Lipinski definition) is 1. The number of carbonyl (C=O) groups excluding carboxylic acids is 1. The highest BCUT2D eigenvalue weighted by Gasteiger charge is 2.05. The third kappa shape index (κ3) is 3.63. The molecule has 3 heteroatoms. The highest BCUT2D eigenvalue weighted by atomic mass is 16.5. The van der Waals surface area contributed by atoms with Gasteiger partial charge in [-0.05, 0) is 29.8 Å². The summed E-state index contributed by atoms with van der Waals surface area (Å²) in [5.41, 5.74) is 0.789. The van der Waals surface area contributed by atoms with E-state index in [4.69, 9.17) is 4.74 Å². The van der Waals surface area contributed by atoms with Gasteiger partial charge < -0.3 is 9.84 Å². The maximum absolute atomic E-state index is 11.7. The molecule has 0 aliphatic carbocycles. The smallest absolute Gasteiger partial charge is 0.174 e. The van der Waals surface area contributed by atoms with E-state index in [1.807, 2.05) is 30.3 Å². The van der Waals surface area contributed by atoms with E-state index >= 15 is 0 Å².